The average Bonchev–Trinajstić information content (AvgIpc) is 2.85. The van der Waals surface area contributed by atoms with Gasteiger partial charge in [0.15, 0.2) is 11.7 Å². The largest absolute Gasteiger partial charge is 0.441 e. The first-order valence-electron chi connectivity index (χ1n) is 7.00. The Morgan fingerprint density at radius 3 is 2.81 bits per heavy atom. The van der Waals surface area contributed by atoms with Crippen LogP contribution in [-0.4, -0.2) is 17.1 Å². The number of aromatic nitrogens is 1. The molecule has 1 N–H and O–H groups in total. The molecule has 0 saturated heterocycles. The molecule has 5 heteroatoms. The van der Waals surface area contributed by atoms with Crippen LogP contribution in [0.5, 0.6) is 0 Å². The summed E-state index contributed by atoms with van der Waals surface area (Å²) in [5.74, 6) is 0.658. The molecule has 0 saturated carbocycles. The Morgan fingerprint density at radius 1 is 1.33 bits per heavy atom. The molecule has 0 fully saturated rings. The third-order valence-corrected chi connectivity index (χ3v) is 3.21. The van der Waals surface area contributed by atoms with Gasteiger partial charge in [-0.3, -0.25) is 0 Å². The number of hydrogen-bond acceptors (Lipinski definition) is 3. The molecule has 0 aliphatic rings. The summed E-state index contributed by atoms with van der Waals surface area (Å²) in [7, 11) is 0. The van der Waals surface area contributed by atoms with Crippen molar-refractivity contribution < 1.29 is 8.81 Å². The van der Waals surface area contributed by atoms with Crippen molar-refractivity contribution in [2.24, 2.45) is 0 Å². The maximum absolute atomic E-state index is 13.7. The number of rotatable bonds is 5. The molecule has 2 aromatic rings. The van der Waals surface area contributed by atoms with Crippen LogP contribution in [-0.2, 0) is 6.42 Å². The number of halogens is 2. The number of nitrogens with zero attached hydrogens (tertiary/aromatic N) is 1. The van der Waals surface area contributed by atoms with E-state index >= 15 is 0 Å². The fraction of sp³-hybridized carbons (Fsp3) is 0.438. The quantitative estimate of drug-likeness (QED) is 0.829. The zero-order valence-corrected chi connectivity index (χ0v) is 13.3. The van der Waals surface area contributed by atoms with Gasteiger partial charge < -0.3 is 9.73 Å². The van der Waals surface area contributed by atoms with Gasteiger partial charge in [0.1, 0.15) is 5.82 Å². The van der Waals surface area contributed by atoms with Crippen LogP contribution in [0.25, 0.3) is 11.3 Å². The zero-order valence-electron chi connectivity index (χ0n) is 12.5. The highest BCUT2D eigenvalue weighted by atomic mass is 35.5. The van der Waals surface area contributed by atoms with Gasteiger partial charge in [0.2, 0.25) is 0 Å². The van der Waals surface area contributed by atoms with Crippen LogP contribution in [0.3, 0.4) is 0 Å². The average molecular weight is 311 g/mol. The summed E-state index contributed by atoms with van der Waals surface area (Å²) >= 11 is 5.88. The van der Waals surface area contributed by atoms with Crippen LogP contribution in [0, 0.1) is 5.82 Å². The van der Waals surface area contributed by atoms with Crippen molar-refractivity contribution in [2.75, 3.05) is 6.54 Å². The van der Waals surface area contributed by atoms with Gasteiger partial charge in [-0.15, -0.1) is 0 Å². The Bertz CT molecular complexity index is 605. The molecule has 1 aromatic heterocycles. The van der Waals surface area contributed by atoms with Crippen molar-refractivity contribution in [2.45, 2.75) is 39.2 Å². The van der Waals surface area contributed by atoms with Crippen molar-refractivity contribution in [1.29, 1.82) is 0 Å². The lowest BCUT2D eigenvalue weighted by atomic mass is 10.1. The maximum atomic E-state index is 13.7. The summed E-state index contributed by atoms with van der Waals surface area (Å²) in [6, 6.07) is 4.38. The zero-order chi connectivity index (χ0) is 15.5. The van der Waals surface area contributed by atoms with Gasteiger partial charge in [0.25, 0.3) is 0 Å². The van der Waals surface area contributed by atoms with E-state index in [0.717, 1.165) is 13.0 Å². The summed E-state index contributed by atoms with van der Waals surface area (Å²) in [6.45, 7) is 7.25. The van der Waals surface area contributed by atoms with E-state index in [1.807, 2.05) is 0 Å². The molecule has 0 unspecified atom stereocenters. The molecule has 21 heavy (non-hydrogen) atoms. The molecule has 0 aliphatic carbocycles. The smallest absolute Gasteiger partial charge is 0.194 e. The van der Waals surface area contributed by atoms with Gasteiger partial charge in [-0.2, -0.15) is 0 Å². The molecular formula is C16H20ClFN2O. The third-order valence-electron chi connectivity index (χ3n) is 2.97. The summed E-state index contributed by atoms with van der Waals surface area (Å²) in [6.07, 6.45) is 3.17. The van der Waals surface area contributed by atoms with E-state index in [-0.39, 0.29) is 11.4 Å². The lowest BCUT2D eigenvalue weighted by Crippen LogP contribution is -2.36. The maximum Gasteiger partial charge on any atom is 0.194 e. The van der Waals surface area contributed by atoms with Crippen molar-refractivity contribution >= 4 is 11.6 Å². The Balaban J connectivity index is 1.97. The molecule has 0 bridgehead atoms. The Hall–Kier alpha value is -1.39. The number of benzene rings is 1. The van der Waals surface area contributed by atoms with Crippen LogP contribution in [0.1, 0.15) is 33.1 Å². The van der Waals surface area contributed by atoms with E-state index in [4.69, 9.17) is 16.0 Å². The van der Waals surface area contributed by atoms with Crippen molar-refractivity contribution in [3.8, 4) is 11.3 Å². The van der Waals surface area contributed by atoms with E-state index in [1.165, 1.54) is 12.1 Å². The van der Waals surface area contributed by atoms with Crippen LogP contribution >= 0.6 is 11.6 Å². The number of oxazole rings is 1. The summed E-state index contributed by atoms with van der Waals surface area (Å²) in [5, 5.41) is 3.87. The monoisotopic (exact) mass is 310 g/mol. The SMILES string of the molecule is CC(C)(C)NCCCc1ncc(-c2cc(Cl)ccc2F)o1. The molecule has 0 aliphatic heterocycles. The second-order valence-electron chi connectivity index (χ2n) is 6.02. The van der Waals surface area contributed by atoms with E-state index in [1.54, 1.807) is 12.3 Å². The van der Waals surface area contributed by atoms with Crippen molar-refractivity contribution in [3.63, 3.8) is 0 Å². The molecule has 2 rings (SSSR count). The molecule has 1 heterocycles. The fourth-order valence-corrected chi connectivity index (χ4v) is 2.11. The highest BCUT2D eigenvalue weighted by molar-refractivity contribution is 6.30. The predicted molar refractivity (Wildman–Crippen MR) is 83.0 cm³/mol. The standard InChI is InChI=1S/C16H20ClFN2O/c1-16(2,3)20-8-4-5-15-19-10-14(21-15)12-9-11(17)6-7-13(12)18/h6-7,9-10,20H,4-5,8H2,1-3H3. The van der Waals surface area contributed by atoms with Gasteiger partial charge >= 0.3 is 0 Å². The van der Waals surface area contributed by atoms with Gasteiger partial charge in [0.05, 0.1) is 11.8 Å². The highest BCUT2D eigenvalue weighted by Crippen LogP contribution is 2.26. The first-order chi connectivity index (χ1) is 9.85. The van der Waals surface area contributed by atoms with E-state index in [0.29, 0.717) is 28.7 Å². The minimum Gasteiger partial charge on any atom is -0.441 e. The molecule has 0 amide bonds. The van der Waals surface area contributed by atoms with Crippen LogP contribution in [0.4, 0.5) is 4.39 Å². The minimum atomic E-state index is -0.364. The predicted octanol–water partition coefficient (Wildman–Crippen LogP) is 4.45. The van der Waals surface area contributed by atoms with Crippen molar-refractivity contribution in [3.05, 3.63) is 41.1 Å². The number of hydrogen-bond donors (Lipinski definition) is 1. The second kappa shape index (κ2) is 6.58. The van der Waals surface area contributed by atoms with Crippen LogP contribution in [0.15, 0.2) is 28.8 Å². The second-order valence-corrected chi connectivity index (χ2v) is 6.46. The molecule has 3 nitrogen and oxygen atoms in total. The lowest BCUT2D eigenvalue weighted by molar-refractivity contribution is 0.412. The summed E-state index contributed by atoms with van der Waals surface area (Å²) < 4.78 is 19.3. The Morgan fingerprint density at radius 2 is 2.10 bits per heavy atom. The fourth-order valence-electron chi connectivity index (χ4n) is 1.94. The van der Waals surface area contributed by atoms with E-state index < -0.39 is 0 Å². The summed E-state index contributed by atoms with van der Waals surface area (Å²) in [5.41, 5.74) is 0.445. The Labute approximate surface area is 129 Å². The van der Waals surface area contributed by atoms with Crippen molar-refractivity contribution in [1.82, 2.24) is 10.3 Å². The molecular weight excluding hydrogens is 291 g/mol. The lowest BCUT2D eigenvalue weighted by Gasteiger charge is -2.20. The molecule has 0 spiro atoms. The number of aryl methyl sites for hydroxylation is 1. The van der Waals surface area contributed by atoms with E-state index in [2.05, 4.69) is 31.1 Å². The summed E-state index contributed by atoms with van der Waals surface area (Å²) in [4.78, 5) is 4.19. The van der Waals surface area contributed by atoms with Gasteiger partial charge in [-0.05, 0) is 51.9 Å². The molecule has 0 atom stereocenters. The Kier molecular flexibility index (Phi) is 5.01. The third kappa shape index (κ3) is 4.83. The van der Waals surface area contributed by atoms with Crippen LogP contribution in [0.2, 0.25) is 5.02 Å². The molecule has 1 aromatic carbocycles. The first-order valence-corrected chi connectivity index (χ1v) is 7.38. The van der Waals surface area contributed by atoms with E-state index in [9.17, 15) is 4.39 Å². The van der Waals surface area contributed by atoms with Crippen LogP contribution < -0.4 is 5.32 Å². The van der Waals surface area contributed by atoms with Gasteiger partial charge in [0, 0.05) is 17.0 Å². The highest BCUT2D eigenvalue weighted by Gasteiger charge is 2.12. The first kappa shape index (κ1) is 16.0. The van der Waals surface area contributed by atoms with Gasteiger partial charge in [-0.1, -0.05) is 11.6 Å². The molecule has 114 valence electrons. The normalized spacial score (nSPS) is 11.9. The minimum absolute atomic E-state index is 0.103. The topological polar surface area (TPSA) is 38.1 Å². The number of nitrogens with one attached hydrogen (secondary N) is 1. The molecule has 0 radical (unpaired) electrons. The van der Waals surface area contributed by atoms with Gasteiger partial charge in [-0.25, -0.2) is 9.37 Å².